The summed E-state index contributed by atoms with van der Waals surface area (Å²) in [6, 6.07) is 5.17. The second-order valence-electron chi connectivity index (χ2n) is 6.04. The van der Waals surface area contributed by atoms with Gasteiger partial charge >= 0.3 is 6.09 Å². The van der Waals surface area contributed by atoms with Crippen molar-refractivity contribution in [3.05, 3.63) is 33.8 Å². The van der Waals surface area contributed by atoms with Crippen LogP contribution in [0.1, 0.15) is 30.0 Å². The third-order valence-electron chi connectivity index (χ3n) is 4.52. The first-order chi connectivity index (χ1) is 11.6. The molecule has 0 unspecified atom stereocenters. The first-order valence-electron chi connectivity index (χ1n) is 8.12. The van der Waals surface area contributed by atoms with E-state index in [9.17, 15) is 9.59 Å². The molecule has 2 aliphatic heterocycles. The Balaban J connectivity index is 1.82. The minimum Gasteiger partial charge on any atom is -0.453 e. The summed E-state index contributed by atoms with van der Waals surface area (Å²) < 4.78 is 11.3. The first kappa shape index (κ1) is 17.2. The van der Waals surface area contributed by atoms with Gasteiger partial charge in [-0.2, -0.15) is 0 Å². The van der Waals surface area contributed by atoms with Crippen LogP contribution in [0.2, 0.25) is 0 Å². The third-order valence-corrected chi connectivity index (χ3v) is 5.01. The number of hydrogen-bond donors (Lipinski definition) is 1. The molecule has 7 heteroatoms. The number of benzene rings is 1. The SMILES string of the molecule is COC(=O)N1CCc2ccc(Br)cc2[C@@H]1C(=O)NC[C@@H]1CCCO1. The highest BCUT2D eigenvalue weighted by atomic mass is 79.9. The summed E-state index contributed by atoms with van der Waals surface area (Å²) in [6.07, 6.45) is 2.25. The number of halogens is 1. The average molecular weight is 397 g/mol. The summed E-state index contributed by atoms with van der Waals surface area (Å²) in [5.41, 5.74) is 1.92. The molecule has 0 saturated carbocycles. The number of rotatable bonds is 3. The van der Waals surface area contributed by atoms with Crippen molar-refractivity contribution in [1.29, 1.82) is 0 Å². The summed E-state index contributed by atoms with van der Waals surface area (Å²) in [5, 5.41) is 2.93. The van der Waals surface area contributed by atoms with Gasteiger partial charge in [-0.05, 0) is 42.5 Å². The average Bonchev–Trinajstić information content (AvgIpc) is 3.11. The maximum atomic E-state index is 12.8. The molecule has 0 radical (unpaired) electrons. The van der Waals surface area contributed by atoms with Crippen LogP contribution in [0.4, 0.5) is 4.79 Å². The minimum atomic E-state index is -0.680. The highest BCUT2D eigenvalue weighted by Crippen LogP contribution is 2.32. The lowest BCUT2D eigenvalue weighted by Gasteiger charge is -2.35. The summed E-state index contributed by atoms with van der Waals surface area (Å²) >= 11 is 3.45. The Bertz CT molecular complexity index is 631. The maximum absolute atomic E-state index is 12.8. The molecule has 1 fully saturated rings. The van der Waals surface area contributed by atoms with E-state index >= 15 is 0 Å². The predicted octanol–water partition coefficient (Wildman–Crippen LogP) is 2.41. The lowest BCUT2D eigenvalue weighted by atomic mass is 9.92. The molecule has 1 N–H and O–H groups in total. The zero-order valence-electron chi connectivity index (χ0n) is 13.6. The van der Waals surface area contributed by atoms with Crippen molar-refractivity contribution < 1.29 is 19.1 Å². The first-order valence-corrected chi connectivity index (χ1v) is 8.91. The van der Waals surface area contributed by atoms with E-state index < -0.39 is 12.1 Å². The Morgan fingerprint density at radius 2 is 2.29 bits per heavy atom. The second-order valence-corrected chi connectivity index (χ2v) is 6.95. The molecule has 130 valence electrons. The van der Waals surface area contributed by atoms with Crippen LogP contribution in [-0.2, 0) is 20.7 Å². The van der Waals surface area contributed by atoms with Crippen molar-refractivity contribution in [1.82, 2.24) is 10.2 Å². The van der Waals surface area contributed by atoms with Gasteiger partial charge in [-0.25, -0.2) is 4.79 Å². The van der Waals surface area contributed by atoms with E-state index in [4.69, 9.17) is 9.47 Å². The zero-order chi connectivity index (χ0) is 17.1. The van der Waals surface area contributed by atoms with Crippen LogP contribution in [0.15, 0.2) is 22.7 Å². The summed E-state index contributed by atoms with van der Waals surface area (Å²) in [4.78, 5) is 26.4. The lowest BCUT2D eigenvalue weighted by molar-refractivity contribution is -0.127. The van der Waals surface area contributed by atoms with Crippen molar-refractivity contribution in [3.8, 4) is 0 Å². The van der Waals surface area contributed by atoms with Crippen LogP contribution in [0, 0.1) is 0 Å². The largest absolute Gasteiger partial charge is 0.453 e. The smallest absolute Gasteiger partial charge is 0.410 e. The van der Waals surface area contributed by atoms with Gasteiger partial charge in [0.15, 0.2) is 0 Å². The predicted molar refractivity (Wildman–Crippen MR) is 91.7 cm³/mol. The van der Waals surface area contributed by atoms with Crippen LogP contribution >= 0.6 is 15.9 Å². The van der Waals surface area contributed by atoms with E-state index in [1.807, 2.05) is 18.2 Å². The molecule has 2 atom stereocenters. The molecule has 2 heterocycles. The van der Waals surface area contributed by atoms with Crippen molar-refractivity contribution in [2.24, 2.45) is 0 Å². The van der Waals surface area contributed by atoms with E-state index in [1.54, 1.807) is 0 Å². The Morgan fingerprint density at radius 3 is 3.00 bits per heavy atom. The molecule has 0 aliphatic carbocycles. The van der Waals surface area contributed by atoms with Crippen molar-refractivity contribution in [3.63, 3.8) is 0 Å². The fraction of sp³-hybridized carbons (Fsp3) is 0.529. The van der Waals surface area contributed by atoms with Gasteiger partial charge in [0.2, 0.25) is 5.91 Å². The number of nitrogens with one attached hydrogen (secondary N) is 1. The minimum absolute atomic E-state index is 0.0612. The molecule has 1 saturated heterocycles. The molecule has 2 amide bonds. The van der Waals surface area contributed by atoms with Gasteiger partial charge in [0.1, 0.15) is 6.04 Å². The molecule has 6 nitrogen and oxygen atoms in total. The molecule has 0 aromatic heterocycles. The van der Waals surface area contributed by atoms with Crippen LogP contribution < -0.4 is 5.32 Å². The monoisotopic (exact) mass is 396 g/mol. The number of carbonyl (C=O) groups excluding carboxylic acids is 2. The van der Waals surface area contributed by atoms with E-state index in [-0.39, 0.29) is 12.0 Å². The number of hydrogen-bond acceptors (Lipinski definition) is 4. The summed E-state index contributed by atoms with van der Waals surface area (Å²) in [5.74, 6) is -0.199. The van der Waals surface area contributed by atoms with Gasteiger partial charge in [-0.3, -0.25) is 9.69 Å². The van der Waals surface area contributed by atoms with Gasteiger partial charge in [-0.1, -0.05) is 22.0 Å². The van der Waals surface area contributed by atoms with Crippen LogP contribution in [0.5, 0.6) is 0 Å². The highest BCUT2D eigenvalue weighted by Gasteiger charge is 2.37. The van der Waals surface area contributed by atoms with E-state index in [0.717, 1.165) is 35.0 Å². The number of nitrogens with zero attached hydrogens (tertiary/aromatic N) is 1. The molecular weight excluding hydrogens is 376 g/mol. The third kappa shape index (κ3) is 3.57. The highest BCUT2D eigenvalue weighted by molar-refractivity contribution is 9.10. The molecule has 0 bridgehead atoms. The van der Waals surface area contributed by atoms with Gasteiger partial charge in [0.25, 0.3) is 0 Å². The quantitative estimate of drug-likeness (QED) is 0.851. The number of ether oxygens (including phenoxy) is 2. The standard InChI is InChI=1S/C17H21BrN2O4/c1-23-17(22)20-7-6-11-4-5-12(18)9-14(11)15(20)16(21)19-10-13-3-2-8-24-13/h4-5,9,13,15H,2-3,6-8,10H2,1H3,(H,19,21)/t13-,15+/m0/s1. The van der Waals surface area contributed by atoms with Crippen molar-refractivity contribution in [2.75, 3.05) is 26.8 Å². The molecule has 0 spiro atoms. The van der Waals surface area contributed by atoms with E-state index in [1.165, 1.54) is 12.0 Å². The van der Waals surface area contributed by atoms with Crippen LogP contribution in [0.25, 0.3) is 0 Å². The van der Waals surface area contributed by atoms with Gasteiger partial charge < -0.3 is 14.8 Å². The summed E-state index contributed by atoms with van der Waals surface area (Å²) in [7, 11) is 1.33. The fourth-order valence-electron chi connectivity index (χ4n) is 3.30. The van der Waals surface area contributed by atoms with Crippen molar-refractivity contribution >= 4 is 27.9 Å². The molecule has 2 aliphatic rings. The van der Waals surface area contributed by atoms with Crippen LogP contribution in [-0.4, -0.2) is 49.8 Å². The van der Waals surface area contributed by atoms with Crippen molar-refractivity contribution in [2.45, 2.75) is 31.4 Å². The normalized spacial score (nSPS) is 22.8. The second kappa shape index (κ2) is 7.53. The molecular formula is C17H21BrN2O4. The number of methoxy groups -OCH3 is 1. The zero-order valence-corrected chi connectivity index (χ0v) is 15.2. The fourth-order valence-corrected chi connectivity index (χ4v) is 3.68. The molecule has 24 heavy (non-hydrogen) atoms. The molecule has 1 aromatic rings. The summed E-state index contributed by atoms with van der Waals surface area (Å²) in [6.45, 7) is 1.67. The van der Waals surface area contributed by atoms with E-state index in [0.29, 0.717) is 19.5 Å². The van der Waals surface area contributed by atoms with Gasteiger partial charge in [-0.15, -0.1) is 0 Å². The van der Waals surface area contributed by atoms with Gasteiger partial charge in [0, 0.05) is 24.2 Å². The van der Waals surface area contributed by atoms with Gasteiger partial charge in [0.05, 0.1) is 13.2 Å². The number of fused-ring (bicyclic) bond motifs is 1. The number of amides is 2. The molecule has 3 rings (SSSR count). The number of carbonyl (C=O) groups is 2. The maximum Gasteiger partial charge on any atom is 0.410 e. The Labute approximate surface area is 149 Å². The van der Waals surface area contributed by atoms with Crippen LogP contribution in [0.3, 0.4) is 0 Å². The Hall–Kier alpha value is -1.60. The molecule has 1 aromatic carbocycles. The van der Waals surface area contributed by atoms with E-state index in [2.05, 4.69) is 21.2 Å². The Morgan fingerprint density at radius 1 is 1.46 bits per heavy atom. The lowest BCUT2D eigenvalue weighted by Crippen LogP contribution is -2.48. The topological polar surface area (TPSA) is 67.9 Å². The Kier molecular flexibility index (Phi) is 5.40.